The third kappa shape index (κ3) is 2.81. The third-order valence-corrected chi connectivity index (χ3v) is 3.01. The van der Waals surface area contributed by atoms with Crippen LogP contribution < -0.4 is 10.6 Å². The molecule has 0 radical (unpaired) electrons. The minimum Gasteiger partial charge on any atom is -0.380 e. The van der Waals surface area contributed by atoms with Gasteiger partial charge in [0.05, 0.1) is 23.5 Å². The van der Waals surface area contributed by atoms with Gasteiger partial charge in [-0.3, -0.25) is 9.78 Å². The Morgan fingerprint density at radius 2 is 2.47 bits per heavy atom. The lowest BCUT2D eigenvalue weighted by molar-refractivity contribution is -0.118. The number of rotatable bonds is 3. The largest absolute Gasteiger partial charge is 0.380 e. The molecule has 1 fully saturated rings. The van der Waals surface area contributed by atoms with Crippen molar-refractivity contribution in [1.29, 1.82) is 0 Å². The Morgan fingerprint density at radius 1 is 1.65 bits per heavy atom. The first-order chi connectivity index (χ1) is 8.20. The number of hydrogen-bond donors (Lipinski definition) is 2. The quantitative estimate of drug-likeness (QED) is 0.809. The normalized spacial score (nSPS) is 23.6. The molecule has 1 saturated heterocycles. The summed E-state index contributed by atoms with van der Waals surface area (Å²) in [5.41, 5.74) is 1.59. The molecule has 1 aromatic heterocycles. The number of aromatic nitrogens is 1. The smallest absolute Gasteiger partial charge is 0.241 e. The third-order valence-electron chi connectivity index (χ3n) is 3.01. The highest BCUT2D eigenvalue weighted by atomic mass is 16.5. The van der Waals surface area contributed by atoms with Gasteiger partial charge in [0, 0.05) is 19.9 Å². The zero-order chi connectivity index (χ0) is 12.3. The molecule has 0 bridgehead atoms. The number of aryl methyl sites for hydroxylation is 1. The van der Waals surface area contributed by atoms with Crippen LogP contribution in [0.4, 0.5) is 5.69 Å². The minimum atomic E-state index is -0.181. The van der Waals surface area contributed by atoms with Crippen LogP contribution in [0.25, 0.3) is 0 Å². The molecule has 2 rings (SSSR count). The highest BCUT2D eigenvalue weighted by Crippen LogP contribution is 2.14. The summed E-state index contributed by atoms with van der Waals surface area (Å²) in [6.07, 6.45) is 2.54. The van der Waals surface area contributed by atoms with Gasteiger partial charge in [0.1, 0.15) is 0 Å². The highest BCUT2D eigenvalue weighted by Gasteiger charge is 2.29. The summed E-state index contributed by atoms with van der Waals surface area (Å²) in [5, 5.41) is 6.02. The van der Waals surface area contributed by atoms with Gasteiger partial charge < -0.3 is 15.4 Å². The van der Waals surface area contributed by atoms with Crippen LogP contribution in [0.5, 0.6) is 0 Å². The fourth-order valence-corrected chi connectivity index (χ4v) is 1.92. The second-order valence-electron chi connectivity index (χ2n) is 4.18. The van der Waals surface area contributed by atoms with Crippen molar-refractivity contribution in [3.05, 3.63) is 24.0 Å². The van der Waals surface area contributed by atoms with E-state index in [9.17, 15) is 4.79 Å². The number of amides is 1. The van der Waals surface area contributed by atoms with Gasteiger partial charge in [-0.1, -0.05) is 0 Å². The van der Waals surface area contributed by atoms with Crippen molar-refractivity contribution in [3.63, 3.8) is 0 Å². The van der Waals surface area contributed by atoms with Crippen LogP contribution in [0.15, 0.2) is 18.3 Å². The Bertz CT molecular complexity index is 408. The second kappa shape index (κ2) is 5.25. The number of carbonyl (C=O) groups excluding carboxylic acids is 1. The highest BCUT2D eigenvalue weighted by molar-refractivity contribution is 5.95. The van der Waals surface area contributed by atoms with Crippen molar-refractivity contribution >= 4 is 11.6 Å². The van der Waals surface area contributed by atoms with Gasteiger partial charge in [-0.05, 0) is 25.5 Å². The standard InChI is InChI=1S/C12H17N3O2/c1-8-10(4-3-5-13-8)15-12(16)11-6-9(17-2)7-14-11/h3-5,9,11,14H,6-7H2,1-2H3,(H,15,16). The topological polar surface area (TPSA) is 63.2 Å². The number of methoxy groups -OCH3 is 1. The van der Waals surface area contributed by atoms with Crippen molar-refractivity contribution in [2.75, 3.05) is 19.0 Å². The molecule has 5 heteroatoms. The molecule has 2 atom stereocenters. The molecule has 2 unspecified atom stereocenters. The van der Waals surface area contributed by atoms with E-state index in [1.54, 1.807) is 13.3 Å². The molecular formula is C12H17N3O2. The van der Waals surface area contributed by atoms with Gasteiger partial charge >= 0.3 is 0 Å². The molecule has 1 aliphatic heterocycles. The lowest BCUT2D eigenvalue weighted by Gasteiger charge is -2.12. The molecule has 0 aliphatic carbocycles. The summed E-state index contributed by atoms with van der Waals surface area (Å²) < 4.78 is 5.21. The fourth-order valence-electron chi connectivity index (χ4n) is 1.92. The van der Waals surface area contributed by atoms with Crippen molar-refractivity contribution in [2.45, 2.75) is 25.5 Å². The number of nitrogens with zero attached hydrogens (tertiary/aromatic N) is 1. The minimum absolute atomic E-state index is 0.0272. The Morgan fingerprint density at radius 3 is 3.12 bits per heavy atom. The van der Waals surface area contributed by atoms with Crippen LogP contribution >= 0.6 is 0 Å². The molecular weight excluding hydrogens is 218 g/mol. The Labute approximate surface area is 101 Å². The van der Waals surface area contributed by atoms with Crippen molar-refractivity contribution in [1.82, 2.24) is 10.3 Å². The molecule has 0 saturated carbocycles. The average Bonchev–Trinajstić information content (AvgIpc) is 2.81. The van der Waals surface area contributed by atoms with Crippen LogP contribution in [-0.4, -0.2) is 36.7 Å². The summed E-state index contributed by atoms with van der Waals surface area (Å²) in [6, 6.07) is 3.48. The summed E-state index contributed by atoms with van der Waals surface area (Å²) in [7, 11) is 1.66. The van der Waals surface area contributed by atoms with E-state index in [1.807, 2.05) is 19.1 Å². The summed E-state index contributed by atoms with van der Waals surface area (Å²) in [6.45, 7) is 2.59. The number of ether oxygens (including phenoxy) is 1. The maximum absolute atomic E-state index is 12.0. The van der Waals surface area contributed by atoms with Gasteiger partial charge in [0.15, 0.2) is 0 Å². The summed E-state index contributed by atoms with van der Waals surface area (Å²) in [4.78, 5) is 16.1. The Balaban J connectivity index is 1.96. The molecule has 0 spiro atoms. The molecule has 5 nitrogen and oxygen atoms in total. The van der Waals surface area contributed by atoms with Crippen LogP contribution in [0, 0.1) is 6.92 Å². The van der Waals surface area contributed by atoms with Gasteiger partial charge in [0.25, 0.3) is 0 Å². The predicted molar refractivity (Wildman–Crippen MR) is 64.8 cm³/mol. The molecule has 1 aliphatic rings. The number of pyridine rings is 1. The lowest BCUT2D eigenvalue weighted by Crippen LogP contribution is -2.35. The SMILES string of the molecule is COC1CNC(C(=O)Nc2cccnc2C)C1. The maximum atomic E-state index is 12.0. The van der Waals surface area contributed by atoms with E-state index in [2.05, 4.69) is 15.6 Å². The first-order valence-corrected chi connectivity index (χ1v) is 5.69. The monoisotopic (exact) mass is 235 g/mol. The molecule has 1 amide bonds. The number of hydrogen-bond acceptors (Lipinski definition) is 4. The molecule has 2 N–H and O–H groups in total. The Kier molecular flexibility index (Phi) is 3.71. The van der Waals surface area contributed by atoms with Gasteiger partial charge in [0.2, 0.25) is 5.91 Å². The maximum Gasteiger partial charge on any atom is 0.241 e. The summed E-state index contributed by atoms with van der Waals surface area (Å²) in [5.74, 6) is -0.0272. The number of nitrogens with one attached hydrogen (secondary N) is 2. The molecule has 0 aromatic carbocycles. The van der Waals surface area contributed by atoms with Gasteiger partial charge in [-0.2, -0.15) is 0 Å². The van der Waals surface area contributed by atoms with E-state index in [1.165, 1.54) is 0 Å². The predicted octanol–water partition coefficient (Wildman–Crippen LogP) is 0.705. The van der Waals surface area contributed by atoms with Crippen LogP contribution in [0.1, 0.15) is 12.1 Å². The Hall–Kier alpha value is -1.46. The zero-order valence-corrected chi connectivity index (χ0v) is 10.1. The van der Waals surface area contributed by atoms with E-state index >= 15 is 0 Å². The second-order valence-corrected chi connectivity index (χ2v) is 4.18. The summed E-state index contributed by atoms with van der Waals surface area (Å²) >= 11 is 0. The lowest BCUT2D eigenvalue weighted by atomic mass is 10.2. The van der Waals surface area contributed by atoms with E-state index in [0.29, 0.717) is 6.42 Å². The van der Waals surface area contributed by atoms with Crippen LogP contribution in [0.2, 0.25) is 0 Å². The van der Waals surface area contributed by atoms with Crippen LogP contribution in [-0.2, 0) is 9.53 Å². The number of carbonyl (C=O) groups is 1. The zero-order valence-electron chi connectivity index (χ0n) is 10.1. The first kappa shape index (κ1) is 12.0. The molecule has 2 heterocycles. The van der Waals surface area contributed by atoms with E-state index < -0.39 is 0 Å². The first-order valence-electron chi connectivity index (χ1n) is 5.69. The van der Waals surface area contributed by atoms with E-state index in [-0.39, 0.29) is 18.1 Å². The fraction of sp³-hybridized carbons (Fsp3) is 0.500. The molecule has 17 heavy (non-hydrogen) atoms. The number of anilines is 1. The van der Waals surface area contributed by atoms with Crippen LogP contribution in [0.3, 0.4) is 0 Å². The van der Waals surface area contributed by atoms with Crippen molar-refractivity contribution < 1.29 is 9.53 Å². The van der Waals surface area contributed by atoms with E-state index in [0.717, 1.165) is 17.9 Å². The van der Waals surface area contributed by atoms with Crippen molar-refractivity contribution in [3.8, 4) is 0 Å². The van der Waals surface area contributed by atoms with Gasteiger partial charge in [-0.25, -0.2) is 0 Å². The van der Waals surface area contributed by atoms with E-state index in [4.69, 9.17) is 4.74 Å². The molecule has 1 aromatic rings. The van der Waals surface area contributed by atoms with Gasteiger partial charge in [-0.15, -0.1) is 0 Å². The molecule has 92 valence electrons. The average molecular weight is 235 g/mol. The van der Waals surface area contributed by atoms with Crippen molar-refractivity contribution in [2.24, 2.45) is 0 Å².